The van der Waals surface area contributed by atoms with E-state index in [2.05, 4.69) is 14.7 Å². The van der Waals surface area contributed by atoms with Gasteiger partial charge in [0.05, 0.1) is 0 Å². The smallest absolute Gasteiger partial charge is 0.325 e. The lowest BCUT2D eigenvalue weighted by Gasteiger charge is -2.44. The van der Waals surface area contributed by atoms with E-state index in [9.17, 15) is 9.90 Å². The number of rotatable bonds is 6. The van der Waals surface area contributed by atoms with E-state index in [1.54, 1.807) is 12.1 Å². The highest BCUT2D eigenvalue weighted by molar-refractivity contribution is 5.95. The second-order valence-corrected chi connectivity index (χ2v) is 8.66. The molecule has 8 heteroatoms. The van der Waals surface area contributed by atoms with Crippen molar-refractivity contribution in [2.75, 3.05) is 49.9 Å². The summed E-state index contributed by atoms with van der Waals surface area (Å²) in [7, 11) is 0. The average Bonchev–Trinajstić information content (AvgIpc) is 2.81. The predicted molar refractivity (Wildman–Crippen MR) is 127 cm³/mol. The van der Waals surface area contributed by atoms with Crippen molar-refractivity contribution in [1.82, 2.24) is 9.80 Å². The van der Waals surface area contributed by atoms with Crippen LogP contribution in [0.25, 0.3) is 0 Å². The van der Waals surface area contributed by atoms with Crippen molar-refractivity contribution >= 4 is 23.2 Å². The second kappa shape index (κ2) is 9.58. The van der Waals surface area contributed by atoms with Crippen molar-refractivity contribution < 1.29 is 9.90 Å². The van der Waals surface area contributed by atoms with Gasteiger partial charge in [0.1, 0.15) is 11.9 Å². The van der Waals surface area contributed by atoms with Gasteiger partial charge in [0, 0.05) is 62.2 Å². The minimum atomic E-state index is -0.808. The number of piperazine rings is 1. The summed E-state index contributed by atoms with van der Waals surface area (Å²) in [6, 6.07) is 14.9. The molecule has 2 aliphatic heterocycles. The maximum atomic E-state index is 12.0. The van der Waals surface area contributed by atoms with Crippen LogP contribution in [0.5, 0.6) is 0 Å². The Labute approximate surface area is 188 Å². The molecule has 0 spiro atoms. The third kappa shape index (κ3) is 4.87. The van der Waals surface area contributed by atoms with Crippen molar-refractivity contribution in [3.63, 3.8) is 0 Å². The van der Waals surface area contributed by atoms with Crippen molar-refractivity contribution in [2.45, 2.75) is 24.9 Å². The molecule has 1 atom stereocenters. The van der Waals surface area contributed by atoms with E-state index in [1.165, 1.54) is 0 Å². The molecular weight excluding hydrogens is 404 g/mol. The number of carboxylic acid groups (broad SMARTS) is 1. The minimum absolute atomic E-state index is 0.0919. The first-order valence-corrected chi connectivity index (χ1v) is 11.2. The number of benzene rings is 2. The molecule has 0 aromatic heterocycles. The van der Waals surface area contributed by atoms with E-state index in [0.29, 0.717) is 11.7 Å². The van der Waals surface area contributed by atoms with Crippen LogP contribution in [-0.4, -0.2) is 72.0 Å². The summed E-state index contributed by atoms with van der Waals surface area (Å²) >= 11 is 0. The number of nitrogens with one attached hydrogen (secondary N) is 1. The molecule has 2 aromatic carbocycles. The number of aliphatic carboxylic acids is 1. The lowest BCUT2D eigenvalue weighted by atomic mass is 9.97. The van der Waals surface area contributed by atoms with Crippen molar-refractivity contribution in [1.29, 1.82) is 5.41 Å². The van der Waals surface area contributed by atoms with E-state index < -0.39 is 12.0 Å². The summed E-state index contributed by atoms with van der Waals surface area (Å²) in [5, 5.41) is 17.4. The lowest BCUT2D eigenvalue weighted by Crippen LogP contribution is -2.54. The SMILES string of the molecule is N=C(N)c1ccc(N2CCN(C3CCN(C(C(=O)O)c4ccc(N)cc4)CC3)CC2)cc1. The van der Waals surface area contributed by atoms with Crippen molar-refractivity contribution in [2.24, 2.45) is 5.73 Å². The average molecular weight is 437 g/mol. The third-order valence-corrected chi connectivity index (χ3v) is 6.72. The first-order valence-electron chi connectivity index (χ1n) is 11.2. The second-order valence-electron chi connectivity index (χ2n) is 8.66. The number of anilines is 2. The highest BCUT2D eigenvalue weighted by atomic mass is 16.4. The summed E-state index contributed by atoms with van der Waals surface area (Å²) < 4.78 is 0. The molecule has 0 radical (unpaired) electrons. The normalized spacial score (nSPS) is 19.6. The standard InChI is InChI=1S/C24H32N6O2/c25-19-5-1-17(2-6-19)22(24(31)32)30-11-9-21(10-12-30)29-15-13-28(14-16-29)20-7-3-18(4-8-20)23(26)27/h1-8,21-22H,9-16,25H2,(H3,26,27)(H,31,32). The lowest BCUT2D eigenvalue weighted by molar-refractivity contribution is -0.144. The molecule has 4 rings (SSSR count). The number of likely N-dealkylation sites (tertiary alicyclic amines) is 1. The van der Waals surface area contributed by atoms with Crippen LogP contribution in [0.1, 0.15) is 30.0 Å². The zero-order valence-electron chi connectivity index (χ0n) is 18.3. The Bertz CT molecular complexity index is 930. The summed E-state index contributed by atoms with van der Waals surface area (Å²) in [6.45, 7) is 5.47. The van der Waals surface area contributed by atoms with Gasteiger partial charge in [-0.05, 0) is 54.8 Å². The van der Waals surface area contributed by atoms with Gasteiger partial charge in [-0.2, -0.15) is 0 Å². The van der Waals surface area contributed by atoms with Crippen LogP contribution in [0.2, 0.25) is 0 Å². The first kappa shape index (κ1) is 22.1. The molecule has 6 N–H and O–H groups in total. The monoisotopic (exact) mass is 436 g/mol. The Morgan fingerprint density at radius 1 is 0.938 bits per heavy atom. The van der Waals surface area contributed by atoms with Crippen molar-refractivity contribution in [3.05, 3.63) is 59.7 Å². The molecule has 2 saturated heterocycles. The van der Waals surface area contributed by atoms with E-state index in [-0.39, 0.29) is 5.84 Å². The Morgan fingerprint density at radius 2 is 1.53 bits per heavy atom. The number of hydrogen-bond acceptors (Lipinski definition) is 6. The van der Waals surface area contributed by atoms with Crippen LogP contribution in [0.4, 0.5) is 11.4 Å². The number of piperidine rings is 1. The molecule has 0 bridgehead atoms. The number of nitrogens with two attached hydrogens (primary N) is 2. The minimum Gasteiger partial charge on any atom is -0.480 e. The summed E-state index contributed by atoms with van der Waals surface area (Å²) in [4.78, 5) is 19.0. The van der Waals surface area contributed by atoms with Crippen molar-refractivity contribution in [3.8, 4) is 0 Å². The largest absolute Gasteiger partial charge is 0.480 e. The predicted octanol–water partition coefficient (Wildman–Crippen LogP) is 1.97. The van der Waals surface area contributed by atoms with Crippen LogP contribution in [0, 0.1) is 5.41 Å². The number of nitrogen functional groups attached to an aromatic ring is 2. The molecule has 2 fully saturated rings. The van der Waals surface area contributed by atoms with E-state index in [1.807, 2.05) is 36.4 Å². The zero-order chi connectivity index (χ0) is 22.7. The summed E-state index contributed by atoms with van der Waals surface area (Å²) in [6.07, 6.45) is 1.96. The number of carbonyl (C=O) groups is 1. The fourth-order valence-electron chi connectivity index (χ4n) is 4.89. The molecule has 2 aromatic rings. The number of carboxylic acids is 1. The van der Waals surface area contributed by atoms with Crippen LogP contribution < -0.4 is 16.4 Å². The van der Waals surface area contributed by atoms with Gasteiger partial charge in [-0.1, -0.05) is 12.1 Å². The van der Waals surface area contributed by atoms with Gasteiger partial charge in [-0.3, -0.25) is 20.0 Å². The van der Waals surface area contributed by atoms with E-state index in [4.69, 9.17) is 16.9 Å². The van der Waals surface area contributed by atoms with Gasteiger partial charge in [-0.25, -0.2) is 0 Å². The molecule has 2 aliphatic rings. The van der Waals surface area contributed by atoms with Gasteiger partial charge in [-0.15, -0.1) is 0 Å². The maximum absolute atomic E-state index is 12.0. The molecule has 170 valence electrons. The van der Waals surface area contributed by atoms with Gasteiger partial charge in [0.2, 0.25) is 0 Å². The summed E-state index contributed by atoms with van der Waals surface area (Å²) in [5.74, 6) is -0.716. The molecular formula is C24H32N6O2. The van der Waals surface area contributed by atoms with Crippen LogP contribution in [-0.2, 0) is 4.79 Å². The fraction of sp³-hybridized carbons (Fsp3) is 0.417. The molecule has 1 unspecified atom stereocenters. The summed E-state index contributed by atoms with van der Waals surface area (Å²) in [5.41, 5.74) is 14.7. The van der Waals surface area contributed by atoms with E-state index >= 15 is 0 Å². The Morgan fingerprint density at radius 3 is 2.06 bits per heavy atom. The Hall–Kier alpha value is -3.10. The fourth-order valence-corrected chi connectivity index (χ4v) is 4.89. The van der Waals surface area contributed by atoms with E-state index in [0.717, 1.165) is 68.9 Å². The molecule has 0 aliphatic carbocycles. The Balaban J connectivity index is 1.30. The molecule has 0 amide bonds. The third-order valence-electron chi connectivity index (χ3n) is 6.72. The van der Waals surface area contributed by atoms with Crippen LogP contribution in [0.15, 0.2) is 48.5 Å². The topological polar surface area (TPSA) is 123 Å². The quantitative estimate of drug-likeness (QED) is 0.310. The maximum Gasteiger partial charge on any atom is 0.325 e. The van der Waals surface area contributed by atoms with Gasteiger partial charge in [0.25, 0.3) is 0 Å². The number of nitrogens with zero attached hydrogens (tertiary/aromatic N) is 3. The number of amidine groups is 1. The van der Waals surface area contributed by atoms with Crippen LogP contribution >= 0.6 is 0 Å². The zero-order valence-corrected chi connectivity index (χ0v) is 18.3. The van der Waals surface area contributed by atoms with Gasteiger partial charge < -0.3 is 21.5 Å². The molecule has 0 saturated carbocycles. The first-order chi connectivity index (χ1) is 15.4. The highest BCUT2D eigenvalue weighted by Crippen LogP contribution is 2.28. The highest BCUT2D eigenvalue weighted by Gasteiger charge is 2.33. The number of hydrogen-bond donors (Lipinski definition) is 4. The molecule has 32 heavy (non-hydrogen) atoms. The molecule has 8 nitrogen and oxygen atoms in total. The molecule has 2 heterocycles. The van der Waals surface area contributed by atoms with Gasteiger partial charge in [0.15, 0.2) is 0 Å². The Kier molecular flexibility index (Phi) is 6.62. The van der Waals surface area contributed by atoms with Gasteiger partial charge >= 0.3 is 5.97 Å². The van der Waals surface area contributed by atoms with Crippen LogP contribution in [0.3, 0.4) is 0 Å².